The summed E-state index contributed by atoms with van der Waals surface area (Å²) in [5.41, 5.74) is 1.87. The van der Waals surface area contributed by atoms with Gasteiger partial charge in [0, 0.05) is 25.8 Å². The first kappa shape index (κ1) is 12.8. The van der Waals surface area contributed by atoms with Gasteiger partial charge in [0.1, 0.15) is 5.82 Å². The van der Waals surface area contributed by atoms with Crippen molar-refractivity contribution in [3.8, 4) is 0 Å². The van der Waals surface area contributed by atoms with Crippen molar-refractivity contribution in [3.63, 3.8) is 0 Å². The summed E-state index contributed by atoms with van der Waals surface area (Å²) in [6.07, 6.45) is 2.46. The second-order valence-corrected chi connectivity index (χ2v) is 4.52. The van der Waals surface area contributed by atoms with Crippen LogP contribution >= 0.6 is 0 Å². The summed E-state index contributed by atoms with van der Waals surface area (Å²) in [4.78, 5) is 0. The van der Waals surface area contributed by atoms with E-state index in [-0.39, 0.29) is 11.9 Å². The molecule has 96 valence electrons. The average Bonchev–Trinajstić information content (AvgIpc) is 2.75. The Hall–Kier alpha value is -1.68. The lowest BCUT2D eigenvalue weighted by molar-refractivity contribution is 0.512. The third-order valence-electron chi connectivity index (χ3n) is 3.04. The average molecular weight is 247 g/mol. The molecule has 0 amide bonds. The highest BCUT2D eigenvalue weighted by Gasteiger charge is 2.07. The molecule has 1 N–H and O–H groups in total. The highest BCUT2D eigenvalue weighted by Crippen LogP contribution is 2.09. The summed E-state index contributed by atoms with van der Waals surface area (Å²) in [7, 11) is 1.92. The van der Waals surface area contributed by atoms with Crippen molar-refractivity contribution < 1.29 is 4.39 Å². The first-order valence-corrected chi connectivity index (χ1v) is 6.10. The number of hydrogen-bond acceptors (Lipinski definition) is 2. The summed E-state index contributed by atoms with van der Waals surface area (Å²) in [5, 5.41) is 7.48. The summed E-state index contributed by atoms with van der Waals surface area (Å²) >= 11 is 0. The highest BCUT2D eigenvalue weighted by molar-refractivity contribution is 5.18. The smallest absolute Gasteiger partial charge is 0.126 e. The molecule has 1 atom stereocenters. The number of halogens is 1. The van der Waals surface area contributed by atoms with Crippen molar-refractivity contribution in [1.29, 1.82) is 0 Å². The fourth-order valence-corrected chi connectivity index (χ4v) is 1.92. The van der Waals surface area contributed by atoms with Gasteiger partial charge in [0.25, 0.3) is 0 Å². The van der Waals surface area contributed by atoms with Gasteiger partial charge in [-0.25, -0.2) is 4.39 Å². The summed E-state index contributed by atoms with van der Waals surface area (Å²) in [6, 6.07) is 9.11. The molecule has 0 aliphatic heterocycles. The van der Waals surface area contributed by atoms with E-state index in [1.165, 1.54) is 6.07 Å². The molecule has 0 fully saturated rings. The first-order chi connectivity index (χ1) is 8.66. The number of benzene rings is 1. The number of hydrogen-bond donors (Lipinski definition) is 1. The van der Waals surface area contributed by atoms with Crippen LogP contribution in [0.5, 0.6) is 0 Å². The molecule has 2 aromatic rings. The van der Waals surface area contributed by atoms with Crippen LogP contribution in [0.15, 0.2) is 36.5 Å². The van der Waals surface area contributed by atoms with E-state index in [1.807, 2.05) is 29.9 Å². The van der Waals surface area contributed by atoms with Crippen LogP contribution in [-0.4, -0.2) is 15.8 Å². The van der Waals surface area contributed by atoms with Gasteiger partial charge in [0.05, 0.1) is 5.69 Å². The first-order valence-electron chi connectivity index (χ1n) is 6.10. The monoisotopic (exact) mass is 247 g/mol. The fraction of sp³-hybridized carbons (Fsp3) is 0.357. The molecule has 1 unspecified atom stereocenters. The van der Waals surface area contributed by atoms with Crippen LogP contribution in [0.25, 0.3) is 0 Å². The second-order valence-electron chi connectivity index (χ2n) is 4.52. The maximum atomic E-state index is 13.5. The molecule has 0 saturated carbocycles. The van der Waals surface area contributed by atoms with Crippen molar-refractivity contribution in [2.45, 2.75) is 25.9 Å². The SMILES string of the molecule is CC(Cc1ccccc1F)NCc1ccnn1C. The van der Waals surface area contributed by atoms with Crippen LogP contribution in [0.2, 0.25) is 0 Å². The van der Waals surface area contributed by atoms with E-state index in [0.29, 0.717) is 6.42 Å². The Morgan fingerprint density at radius 3 is 2.78 bits per heavy atom. The molecule has 1 aromatic heterocycles. The molecular weight excluding hydrogens is 229 g/mol. The molecular formula is C14H18FN3. The molecule has 0 radical (unpaired) electrons. The van der Waals surface area contributed by atoms with E-state index >= 15 is 0 Å². The van der Waals surface area contributed by atoms with Gasteiger partial charge < -0.3 is 5.32 Å². The largest absolute Gasteiger partial charge is 0.308 e. The van der Waals surface area contributed by atoms with Gasteiger partial charge in [-0.3, -0.25) is 4.68 Å². The summed E-state index contributed by atoms with van der Waals surface area (Å²) in [5.74, 6) is -0.133. The van der Waals surface area contributed by atoms with Crippen molar-refractivity contribution in [2.24, 2.45) is 7.05 Å². The van der Waals surface area contributed by atoms with Gasteiger partial charge in [0.15, 0.2) is 0 Å². The molecule has 0 bridgehead atoms. The summed E-state index contributed by atoms with van der Waals surface area (Å²) < 4.78 is 15.3. The van der Waals surface area contributed by atoms with Crippen LogP contribution in [-0.2, 0) is 20.0 Å². The van der Waals surface area contributed by atoms with Gasteiger partial charge in [-0.05, 0) is 31.0 Å². The second kappa shape index (κ2) is 5.78. The number of nitrogens with zero attached hydrogens (tertiary/aromatic N) is 2. The number of aromatic nitrogens is 2. The molecule has 18 heavy (non-hydrogen) atoms. The standard InChI is InChI=1S/C14H18FN3/c1-11(9-12-5-3-4-6-14(12)15)16-10-13-7-8-17-18(13)2/h3-8,11,16H,9-10H2,1-2H3. The van der Waals surface area contributed by atoms with E-state index in [9.17, 15) is 4.39 Å². The van der Waals surface area contributed by atoms with Gasteiger partial charge in [-0.15, -0.1) is 0 Å². The van der Waals surface area contributed by atoms with Crippen LogP contribution in [0, 0.1) is 5.82 Å². The zero-order chi connectivity index (χ0) is 13.0. The number of rotatable bonds is 5. The zero-order valence-electron chi connectivity index (χ0n) is 10.7. The molecule has 4 heteroatoms. The van der Waals surface area contributed by atoms with Gasteiger partial charge in [-0.1, -0.05) is 18.2 Å². The van der Waals surface area contributed by atoms with Gasteiger partial charge >= 0.3 is 0 Å². The predicted molar refractivity (Wildman–Crippen MR) is 69.6 cm³/mol. The lowest BCUT2D eigenvalue weighted by Crippen LogP contribution is -2.28. The Bertz CT molecular complexity index is 507. The zero-order valence-corrected chi connectivity index (χ0v) is 10.7. The predicted octanol–water partition coefficient (Wildman–Crippen LogP) is 2.28. The molecule has 2 rings (SSSR count). The lowest BCUT2D eigenvalue weighted by Gasteiger charge is -2.14. The highest BCUT2D eigenvalue weighted by atomic mass is 19.1. The van der Waals surface area contributed by atoms with Crippen LogP contribution in [0.3, 0.4) is 0 Å². The molecule has 0 spiro atoms. The molecule has 0 aliphatic rings. The molecule has 1 aromatic carbocycles. The normalized spacial score (nSPS) is 12.6. The molecule has 0 aliphatic carbocycles. The van der Waals surface area contributed by atoms with E-state index in [0.717, 1.165) is 17.8 Å². The Morgan fingerprint density at radius 1 is 1.33 bits per heavy atom. The lowest BCUT2D eigenvalue weighted by atomic mass is 10.1. The Balaban J connectivity index is 1.88. The minimum atomic E-state index is -0.133. The molecule has 3 nitrogen and oxygen atoms in total. The van der Waals surface area contributed by atoms with E-state index in [4.69, 9.17) is 0 Å². The third-order valence-corrected chi connectivity index (χ3v) is 3.04. The maximum Gasteiger partial charge on any atom is 0.126 e. The minimum Gasteiger partial charge on any atom is -0.308 e. The molecule has 0 saturated heterocycles. The third kappa shape index (κ3) is 3.17. The van der Waals surface area contributed by atoms with E-state index < -0.39 is 0 Å². The number of nitrogens with one attached hydrogen (secondary N) is 1. The van der Waals surface area contributed by atoms with Crippen molar-refractivity contribution in [3.05, 3.63) is 53.6 Å². The number of aryl methyl sites for hydroxylation is 1. The van der Waals surface area contributed by atoms with E-state index in [2.05, 4.69) is 17.3 Å². The van der Waals surface area contributed by atoms with Gasteiger partial charge in [0.2, 0.25) is 0 Å². The van der Waals surface area contributed by atoms with Crippen LogP contribution in [0.4, 0.5) is 4.39 Å². The quantitative estimate of drug-likeness (QED) is 0.878. The minimum absolute atomic E-state index is 0.133. The Kier molecular flexibility index (Phi) is 4.10. The van der Waals surface area contributed by atoms with Crippen LogP contribution < -0.4 is 5.32 Å². The fourth-order valence-electron chi connectivity index (χ4n) is 1.92. The summed E-state index contributed by atoms with van der Waals surface area (Å²) in [6.45, 7) is 2.80. The van der Waals surface area contributed by atoms with E-state index in [1.54, 1.807) is 12.3 Å². The van der Waals surface area contributed by atoms with Gasteiger partial charge in [-0.2, -0.15) is 5.10 Å². The van der Waals surface area contributed by atoms with Crippen LogP contribution in [0.1, 0.15) is 18.2 Å². The molecule has 1 heterocycles. The maximum absolute atomic E-state index is 13.5. The topological polar surface area (TPSA) is 29.9 Å². The van der Waals surface area contributed by atoms with Crippen molar-refractivity contribution in [2.75, 3.05) is 0 Å². The van der Waals surface area contributed by atoms with Crippen molar-refractivity contribution >= 4 is 0 Å². The van der Waals surface area contributed by atoms with Crippen molar-refractivity contribution in [1.82, 2.24) is 15.1 Å². The Morgan fingerprint density at radius 2 is 2.11 bits per heavy atom. The Labute approximate surface area is 107 Å².